The number of hydrogen-bond acceptors (Lipinski definition) is 4. The second-order valence-corrected chi connectivity index (χ2v) is 5.63. The van der Waals surface area contributed by atoms with E-state index in [9.17, 15) is 9.50 Å². The van der Waals surface area contributed by atoms with Crippen molar-refractivity contribution in [3.8, 4) is 0 Å². The molecule has 0 saturated heterocycles. The van der Waals surface area contributed by atoms with Gasteiger partial charge in [-0.15, -0.1) is 0 Å². The van der Waals surface area contributed by atoms with Crippen molar-refractivity contribution in [2.75, 3.05) is 7.05 Å². The molecule has 0 heterocycles. The summed E-state index contributed by atoms with van der Waals surface area (Å²) in [5, 5.41) is 21.5. The van der Waals surface area contributed by atoms with E-state index >= 15 is 0 Å². The number of amidine groups is 1. The molecule has 1 saturated carbocycles. The van der Waals surface area contributed by atoms with Gasteiger partial charge in [0.15, 0.2) is 5.84 Å². The summed E-state index contributed by atoms with van der Waals surface area (Å²) in [7, 11) is 1.90. The largest absolute Gasteiger partial charge is 0.409 e. The predicted octanol–water partition coefficient (Wildman–Crippen LogP) is 1.66. The van der Waals surface area contributed by atoms with Crippen molar-refractivity contribution in [3.63, 3.8) is 0 Å². The monoisotopic (exact) mass is 295 g/mol. The van der Waals surface area contributed by atoms with Gasteiger partial charge in [0.2, 0.25) is 0 Å². The van der Waals surface area contributed by atoms with Crippen LogP contribution in [-0.4, -0.2) is 40.2 Å². The third-order valence-corrected chi connectivity index (χ3v) is 4.14. The minimum Gasteiger partial charge on any atom is -0.409 e. The number of aliphatic hydroxyl groups is 1. The van der Waals surface area contributed by atoms with E-state index in [-0.39, 0.29) is 18.0 Å². The molecule has 2 rings (SSSR count). The van der Waals surface area contributed by atoms with Gasteiger partial charge in [0.05, 0.1) is 6.10 Å². The average molecular weight is 295 g/mol. The third kappa shape index (κ3) is 3.71. The molecule has 0 aliphatic heterocycles. The van der Waals surface area contributed by atoms with Gasteiger partial charge in [0.25, 0.3) is 0 Å². The van der Waals surface area contributed by atoms with E-state index in [4.69, 9.17) is 10.9 Å². The maximum Gasteiger partial charge on any atom is 0.170 e. The minimum atomic E-state index is -0.392. The number of nitrogens with two attached hydrogens (primary N) is 1. The highest BCUT2D eigenvalue weighted by Gasteiger charge is 2.26. The van der Waals surface area contributed by atoms with E-state index in [1.54, 1.807) is 12.1 Å². The molecule has 1 fully saturated rings. The van der Waals surface area contributed by atoms with E-state index < -0.39 is 5.82 Å². The molecule has 0 aromatic heterocycles. The van der Waals surface area contributed by atoms with Gasteiger partial charge in [-0.1, -0.05) is 30.1 Å². The normalized spacial score (nSPS) is 23.5. The third-order valence-electron chi connectivity index (χ3n) is 4.14. The first-order valence-electron chi connectivity index (χ1n) is 7.17. The number of rotatable bonds is 4. The zero-order chi connectivity index (χ0) is 15.4. The molecule has 0 amide bonds. The van der Waals surface area contributed by atoms with Gasteiger partial charge >= 0.3 is 0 Å². The van der Waals surface area contributed by atoms with E-state index in [0.717, 1.165) is 25.7 Å². The van der Waals surface area contributed by atoms with Gasteiger partial charge in [-0.2, -0.15) is 0 Å². The molecule has 4 N–H and O–H groups in total. The fraction of sp³-hybridized carbons (Fsp3) is 0.533. The number of oxime groups is 1. The Morgan fingerprint density at radius 2 is 2.14 bits per heavy atom. The SMILES string of the molecule is CN(Cc1ccc(/C(N)=N/O)cc1F)C1CCCCC1O. The predicted molar refractivity (Wildman–Crippen MR) is 78.6 cm³/mol. The molecule has 1 aromatic rings. The summed E-state index contributed by atoms with van der Waals surface area (Å²) in [6.45, 7) is 0.421. The number of likely N-dealkylation sites (N-methyl/N-ethyl adjacent to an activating group) is 1. The van der Waals surface area contributed by atoms with E-state index in [2.05, 4.69) is 5.16 Å². The van der Waals surface area contributed by atoms with Crippen molar-refractivity contribution in [2.45, 2.75) is 44.4 Å². The summed E-state index contributed by atoms with van der Waals surface area (Å²) in [5.41, 5.74) is 6.32. The molecule has 5 nitrogen and oxygen atoms in total. The molecule has 21 heavy (non-hydrogen) atoms. The van der Waals surface area contributed by atoms with Gasteiger partial charge in [-0.25, -0.2) is 4.39 Å². The van der Waals surface area contributed by atoms with Crippen LogP contribution < -0.4 is 5.73 Å². The molecule has 1 aromatic carbocycles. The highest BCUT2D eigenvalue weighted by Crippen LogP contribution is 2.24. The van der Waals surface area contributed by atoms with Gasteiger partial charge < -0.3 is 16.0 Å². The van der Waals surface area contributed by atoms with Crippen molar-refractivity contribution < 1.29 is 14.7 Å². The van der Waals surface area contributed by atoms with Crippen LogP contribution in [0.4, 0.5) is 4.39 Å². The molecule has 2 atom stereocenters. The number of hydrogen-bond donors (Lipinski definition) is 3. The Morgan fingerprint density at radius 3 is 2.76 bits per heavy atom. The lowest BCUT2D eigenvalue weighted by atomic mass is 9.91. The molecule has 0 spiro atoms. The summed E-state index contributed by atoms with van der Waals surface area (Å²) < 4.78 is 14.1. The molecule has 0 bridgehead atoms. The molecular weight excluding hydrogens is 273 g/mol. The highest BCUT2D eigenvalue weighted by molar-refractivity contribution is 5.97. The summed E-state index contributed by atoms with van der Waals surface area (Å²) in [6.07, 6.45) is 3.54. The quantitative estimate of drug-likeness (QED) is 0.341. The molecule has 1 aliphatic rings. The first-order valence-corrected chi connectivity index (χ1v) is 7.17. The summed E-state index contributed by atoms with van der Waals surface area (Å²) >= 11 is 0. The Hall–Kier alpha value is -1.66. The van der Waals surface area contributed by atoms with Crippen LogP contribution in [0, 0.1) is 5.82 Å². The van der Waals surface area contributed by atoms with Crippen LogP contribution in [0.1, 0.15) is 36.8 Å². The number of benzene rings is 1. The van der Waals surface area contributed by atoms with Gasteiger partial charge in [0.1, 0.15) is 5.82 Å². The fourth-order valence-electron chi connectivity index (χ4n) is 2.88. The first-order chi connectivity index (χ1) is 10.0. The van der Waals surface area contributed by atoms with Crippen molar-refractivity contribution in [1.29, 1.82) is 0 Å². The van der Waals surface area contributed by atoms with Crippen molar-refractivity contribution in [3.05, 3.63) is 35.1 Å². The second kappa shape index (κ2) is 6.87. The maximum absolute atomic E-state index is 14.1. The van der Waals surface area contributed by atoms with Crippen LogP contribution in [-0.2, 0) is 6.54 Å². The lowest BCUT2D eigenvalue weighted by Crippen LogP contribution is -2.43. The zero-order valence-corrected chi connectivity index (χ0v) is 12.2. The highest BCUT2D eigenvalue weighted by atomic mass is 19.1. The van der Waals surface area contributed by atoms with Gasteiger partial charge in [-0.05, 0) is 26.0 Å². The van der Waals surface area contributed by atoms with E-state index in [0.29, 0.717) is 17.7 Å². The lowest BCUT2D eigenvalue weighted by molar-refractivity contribution is 0.0284. The smallest absolute Gasteiger partial charge is 0.170 e. The van der Waals surface area contributed by atoms with E-state index in [1.165, 1.54) is 6.07 Å². The second-order valence-electron chi connectivity index (χ2n) is 5.63. The van der Waals surface area contributed by atoms with Crippen molar-refractivity contribution in [2.24, 2.45) is 10.9 Å². The Balaban J connectivity index is 2.08. The number of halogens is 1. The number of aliphatic hydroxyl groups excluding tert-OH is 1. The standard InChI is InChI=1S/C15H22FN3O2/c1-19(13-4-2-3-5-14(13)20)9-11-7-6-10(8-12(11)16)15(17)18-21/h6-8,13-14,20-21H,2-5,9H2,1H3,(H2,17,18). The van der Waals surface area contributed by atoms with E-state index in [1.807, 2.05) is 11.9 Å². The average Bonchev–Trinajstić information content (AvgIpc) is 2.48. The minimum absolute atomic E-state index is 0.0712. The molecular formula is C15H22FN3O2. The van der Waals surface area contributed by atoms with Crippen LogP contribution in [0.2, 0.25) is 0 Å². The summed E-state index contributed by atoms with van der Waals surface area (Å²) in [4.78, 5) is 1.99. The summed E-state index contributed by atoms with van der Waals surface area (Å²) in [5.74, 6) is -0.507. The Kier molecular flexibility index (Phi) is 5.14. The molecule has 1 aliphatic carbocycles. The van der Waals surface area contributed by atoms with Crippen molar-refractivity contribution in [1.82, 2.24) is 4.90 Å². The fourth-order valence-corrected chi connectivity index (χ4v) is 2.88. The van der Waals surface area contributed by atoms with Crippen molar-refractivity contribution >= 4 is 5.84 Å². The molecule has 6 heteroatoms. The van der Waals surface area contributed by atoms with Crippen LogP contribution in [0.25, 0.3) is 0 Å². The molecule has 0 radical (unpaired) electrons. The van der Waals surface area contributed by atoms with Crippen LogP contribution in [0.15, 0.2) is 23.4 Å². The van der Waals surface area contributed by atoms with Gasteiger partial charge in [-0.3, -0.25) is 4.90 Å². The van der Waals surface area contributed by atoms with Crippen LogP contribution in [0.3, 0.4) is 0 Å². The Bertz CT molecular complexity index is 522. The van der Waals surface area contributed by atoms with Crippen LogP contribution >= 0.6 is 0 Å². The molecule has 2 unspecified atom stereocenters. The topological polar surface area (TPSA) is 82.1 Å². The maximum atomic E-state index is 14.1. The lowest BCUT2D eigenvalue weighted by Gasteiger charge is -2.35. The molecule has 116 valence electrons. The zero-order valence-electron chi connectivity index (χ0n) is 12.2. The Labute approximate surface area is 123 Å². The van der Waals surface area contributed by atoms with Crippen LogP contribution in [0.5, 0.6) is 0 Å². The number of nitrogens with zero attached hydrogens (tertiary/aromatic N) is 2. The first kappa shape index (κ1) is 15.7. The Morgan fingerprint density at radius 1 is 1.43 bits per heavy atom. The summed E-state index contributed by atoms with van der Waals surface area (Å²) in [6, 6.07) is 4.59. The van der Waals surface area contributed by atoms with Gasteiger partial charge in [0, 0.05) is 23.7 Å².